The van der Waals surface area contributed by atoms with Crippen molar-refractivity contribution < 1.29 is 9.47 Å². The Bertz CT molecular complexity index is 1110. The molecule has 0 saturated carbocycles. The fourth-order valence-corrected chi connectivity index (χ4v) is 4.78. The van der Waals surface area contributed by atoms with E-state index in [-0.39, 0.29) is 0 Å². The van der Waals surface area contributed by atoms with Crippen molar-refractivity contribution in [1.82, 2.24) is 24.3 Å². The molecule has 3 aliphatic rings. The Morgan fingerprint density at radius 1 is 0.970 bits per heavy atom. The van der Waals surface area contributed by atoms with Crippen molar-refractivity contribution in [3.8, 4) is 22.7 Å². The lowest BCUT2D eigenvalue weighted by atomic mass is 10.1. The Kier molecular flexibility index (Phi) is 5.49. The van der Waals surface area contributed by atoms with Crippen LogP contribution in [0.4, 0.5) is 5.69 Å². The molecule has 172 valence electrons. The molecule has 1 aromatic carbocycles. The standard InChI is InChI=1S/C25H30N6O2/c1-28-6-8-30(9-7-28)21-4-2-19(3-5-21)22-14-24-23(15-26-22)31-17-20(27-25(31)18-33-24)16-29-10-12-32-13-11-29/h2-5,14-15,17H,6-13,16,18H2,1H3. The Morgan fingerprint density at radius 3 is 2.55 bits per heavy atom. The average Bonchev–Trinajstić information content (AvgIpc) is 3.28. The van der Waals surface area contributed by atoms with Crippen LogP contribution in [0, 0.1) is 0 Å². The van der Waals surface area contributed by atoms with Gasteiger partial charge in [0.2, 0.25) is 0 Å². The zero-order valence-corrected chi connectivity index (χ0v) is 19.1. The van der Waals surface area contributed by atoms with Crippen molar-refractivity contribution in [1.29, 1.82) is 0 Å². The number of morpholine rings is 1. The lowest BCUT2D eigenvalue weighted by Gasteiger charge is -2.34. The number of benzene rings is 1. The number of hydrogen-bond donors (Lipinski definition) is 0. The summed E-state index contributed by atoms with van der Waals surface area (Å²) in [5, 5.41) is 0. The molecule has 2 fully saturated rings. The van der Waals surface area contributed by atoms with Gasteiger partial charge in [0.05, 0.1) is 30.8 Å². The summed E-state index contributed by atoms with van der Waals surface area (Å²) in [6, 6.07) is 10.8. The average molecular weight is 447 g/mol. The van der Waals surface area contributed by atoms with E-state index in [4.69, 9.17) is 19.4 Å². The Balaban J connectivity index is 1.20. The van der Waals surface area contributed by atoms with Crippen LogP contribution >= 0.6 is 0 Å². The number of nitrogens with zero attached hydrogens (tertiary/aromatic N) is 6. The molecule has 0 unspecified atom stereocenters. The van der Waals surface area contributed by atoms with E-state index in [1.54, 1.807) is 0 Å². The van der Waals surface area contributed by atoms with Crippen LogP contribution in [0.15, 0.2) is 42.7 Å². The molecular weight excluding hydrogens is 416 g/mol. The number of anilines is 1. The largest absolute Gasteiger partial charge is 0.483 e. The maximum Gasteiger partial charge on any atom is 0.151 e. The van der Waals surface area contributed by atoms with Gasteiger partial charge in [0, 0.05) is 69.3 Å². The van der Waals surface area contributed by atoms with Crippen molar-refractivity contribution >= 4 is 5.69 Å². The number of aromatic nitrogens is 3. The van der Waals surface area contributed by atoms with Crippen molar-refractivity contribution in [3.63, 3.8) is 0 Å². The molecule has 2 saturated heterocycles. The van der Waals surface area contributed by atoms with Crippen LogP contribution < -0.4 is 9.64 Å². The predicted octanol–water partition coefficient (Wildman–Crippen LogP) is 2.41. The van der Waals surface area contributed by atoms with Crippen LogP contribution in [0.5, 0.6) is 5.75 Å². The molecule has 0 N–H and O–H groups in total. The fraction of sp³-hybridized carbons (Fsp3) is 0.440. The first-order valence-electron chi connectivity index (χ1n) is 11.8. The first-order valence-corrected chi connectivity index (χ1v) is 11.8. The molecule has 8 nitrogen and oxygen atoms in total. The van der Waals surface area contributed by atoms with Crippen LogP contribution in [0.2, 0.25) is 0 Å². The number of ether oxygens (including phenoxy) is 2. The highest BCUT2D eigenvalue weighted by Gasteiger charge is 2.22. The molecule has 2 aromatic heterocycles. The summed E-state index contributed by atoms with van der Waals surface area (Å²) in [5.41, 5.74) is 5.32. The summed E-state index contributed by atoms with van der Waals surface area (Å²) >= 11 is 0. The second-order valence-electron chi connectivity index (χ2n) is 9.07. The van der Waals surface area contributed by atoms with Crippen molar-refractivity contribution in [2.45, 2.75) is 13.2 Å². The van der Waals surface area contributed by atoms with Gasteiger partial charge in [0.15, 0.2) is 5.82 Å². The lowest BCUT2D eigenvalue weighted by Crippen LogP contribution is -2.44. The second-order valence-corrected chi connectivity index (χ2v) is 9.07. The number of pyridine rings is 1. The van der Waals surface area contributed by atoms with Gasteiger partial charge in [0.25, 0.3) is 0 Å². The highest BCUT2D eigenvalue weighted by atomic mass is 16.5. The second kappa shape index (κ2) is 8.78. The quantitative estimate of drug-likeness (QED) is 0.610. The van der Waals surface area contributed by atoms with Crippen LogP contribution in [-0.2, 0) is 17.9 Å². The smallest absolute Gasteiger partial charge is 0.151 e. The van der Waals surface area contributed by atoms with Gasteiger partial charge in [-0.25, -0.2) is 4.98 Å². The van der Waals surface area contributed by atoms with Crippen LogP contribution in [0.1, 0.15) is 11.5 Å². The number of rotatable bonds is 4. The minimum atomic E-state index is 0.474. The summed E-state index contributed by atoms with van der Waals surface area (Å²) in [7, 11) is 2.18. The van der Waals surface area contributed by atoms with E-state index < -0.39 is 0 Å². The molecule has 33 heavy (non-hydrogen) atoms. The summed E-state index contributed by atoms with van der Waals surface area (Å²) in [4.78, 5) is 16.8. The zero-order chi connectivity index (χ0) is 22.2. The van der Waals surface area contributed by atoms with Crippen molar-refractivity contribution in [2.24, 2.45) is 0 Å². The van der Waals surface area contributed by atoms with Gasteiger partial charge in [-0.2, -0.15) is 0 Å². The number of hydrogen-bond acceptors (Lipinski definition) is 7. The first kappa shape index (κ1) is 20.7. The molecule has 0 amide bonds. The van der Waals surface area contributed by atoms with E-state index in [0.717, 1.165) is 93.2 Å². The fourth-order valence-electron chi connectivity index (χ4n) is 4.78. The van der Waals surface area contributed by atoms with E-state index in [1.807, 2.05) is 12.3 Å². The van der Waals surface area contributed by atoms with Crippen LogP contribution in [-0.4, -0.2) is 83.9 Å². The third-order valence-corrected chi connectivity index (χ3v) is 6.81. The Labute approximate surface area is 194 Å². The first-order chi connectivity index (χ1) is 16.2. The van der Waals surface area contributed by atoms with E-state index in [9.17, 15) is 0 Å². The van der Waals surface area contributed by atoms with Gasteiger partial charge in [-0.15, -0.1) is 0 Å². The van der Waals surface area contributed by atoms with Crippen LogP contribution in [0.25, 0.3) is 16.9 Å². The maximum atomic E-state index is 6.07. The number of imidazole rings is 1. The van der Waals surface area contributed by atoms with Gasteiger partial charge in [-0.3, -0.25) is 14.5 Å². The molecule has 3 aliphatic heterocycles. The van der Waals surface area contributed by atoms with E-state index in [2.05, 4.69) is 56.8 Å². The van der Waals surface area contributed by atoms with Gasteiger partial charge in [-0.05, 0) is 19.2 Å². The van der Waals surface area contributed by atoms with Crippen LogP contribution in [0.3, 0.4) is 0 Å². The maximum absolute atomic E-state index is 6.07. The normalized spacial score (nSPS) is 19.1. The minimum Gasteiger partial charge on any atom is -0.483 e. The zero-order valence-electron chi connectivity index (χ0n) is 19.1. The highest BCUT2D eigenvalue weighted by molar-refractivity contribution is 5.66. The molecule has 0 atom stereocenters. The molecule has 8 heteroatoms. The number of fused-ring (bicyclic) bond motifs is 3. The Hall–Kier alpha value is -2.94. The third kappa shape index (κ3) is 4.21. The SMILES string of the molecule is CN1CCN(c2ccc(-c3cc4c(cn3)-n3cc(CN5CCOCC5)nc3CO4)cc2)CC1. The van der Waals surface area contributed by atoms with E-state index in [1.165, 1.54) is 5.69 Å². The lowest BCUT2D eigenvalue weighted by molar-refractivity contribution is 0.0337. The van der Waals surface area contributed by atoms with Crippen molar-refractivity contribution in [2.75, 3.05) is 64.4 Å². The molecular formula is C25H30N6O2. The monoisotopic (exact) mass is 446 g/mol. The van der Waals surface area contributed by atoms with Gasteiger partial charge in [0.1, 0.15) is 18.0 Å². The number of piperazine rings is 1. The summed E-state index contributed by atoms with van der Waals surface area (Å²) in [6.45, 7) is 9.16. The Morgan fingerprint density at radius 2 is 1.76 bits per heavy atom. The molecule has 0 bridgehead atoms. The molecule has 5 heterocycles. The van der Waals surface area contributed by atoms with Gasteiger partial charge >= 0.3 is 0 Å². The molecule has 0 aliphatic carbocycles. The van der Waals surface area contributed by atoms with Crippen molar-refractivity contribution in [3.05, 3.63) is 54.2 Å². The number of likely N-dealkylation sites (N-methyl/N-ethyl adjacent to an activating group) is 1. The highest BCUT2D eigenvalue weighted by Crippen LogP contribution is 2.33. The topological polar surface area (TPSA) is 58.9 Å². The van der Waals surface area contributed by atoms with Gasteiger partial charge < -0.3 is 19.3 Å². The third-order valence-electron chi connectivity index (χ3n) is 6.81. The summed E-state index contributed by atoms with van der Waals surface area (Å²) < 4.78 is 13.7. The predicted molar refractivity (Wildman–Crippen MR) is 127 cm³/mol. The minimum absolute atomic E-state index is 0.474. The summed E-state index contributed by atoms with van der Waals surface area (Å²) in [5.74, 6) is 1.78. The summed E-state index contributed by atoms with van der Waals surface area (Å²) in [6.07, 6.45) is 4.03. The molecule has 6 rings (SSSR count). The molecule has 0 spiro atoms. The van der Waals surface area contributed by atoms with E-state index >= 15 is 0 Å². The van der Waals surface area contributed by atoms with Gasteiger partial charge in [-0.1, -0.05) is 12.1 Å². The van der Waals surface area contributed by atoms with E-state index in [0.29, 0.717) is 6.61 Å². The molecule has 0 radical (unpaired) electrons. The molecule has 3 aromatic rings.